The standard InChI is InChI=1S/C12H18N2O3/c1-12(2,11(15)17-4)14-8-9-5-6-10(16-3)13-7-9/h5-7,14H,8H2,1-4H3. The number of pyridine rings is 1. The zero-order chi connectivity index (χ0) is 12.9. The van der Waals surface area contributed by atoms with Gasteiger partial charge in [-0.25, -0.2) is 4.98 Å². The molecule has 17 heavy (non-hydrogen) atoms. The quantitative estimate of drug-likeness (QED) is 0.779. The highest BCUT2D eigenvalue weighted by Crippen LogP contribution is 2.09. The van der Waals surface area contributed by atoms with E-state index in [1.807, 2.05) is 6.07 Å². The Balaban J connectivity index is 2.57. The Kier molecular flexibility index (Phi) is 4.45. The minimum Gasteiger partial charge on any atom is -0.481 e. The van der Waals surface area contributed by atoms with Gasteiger partial charge < -0.3 is 9.47 Å². The first-order valence-corrected chi connectivity index (χ1v) is 5.32. The van der Waals surface area contributed by atoms with Gasteiger partial charge in [0.05, 0.1) is 14.2 Å². The van der Waals surface area contributed by atoms with Crippen LogP contribution in [-0.2, 0) is 16.1 Å². The predicted octanol–water partition coefficient (Wildman–Crippen LogP) is 1.13. The Labute approximate surface area is 101 Å². The largest absolute Gasteiger partial charge is 0.481 e. The smallest absolute Gasteiger partial charge is 0.325 e. The van der Waals surface area contributed by atoms with E-state index >= 15 is 0 Å². The molecule has 0 radical (unpaired) electrons. The third-order valence-corrected chi connectivity index (χ3v) is 2.44. The van der Waals surface area contributed by atoms with Crippen LogP contribution in [0.3, 0.4) is 0 Å². The first kappa shape index (κ1) is 13.4. The van der Waals surface area contributed by atoms with Gasteiger partial charge in [0.1, 0.15) is 5.54 Å². The maximum Gasteiger partial charge on any atom is 0.325 e. The van der Waals surface area contributed by atoms with E-state index in [0.29, 0.717) is 12.4 Å². The number of nitrogens with one attached hydrogen (secondary N) is 1. The lowest BCUT2D eigenvalue weighted by Crippen LogP contribution is -2.46. The van der Waals surface area contributed by atoms with Gasteiger partial charge in [-0.3, -0.25) is 10.1 Å². The van der Waals surface area contributed by atoms with Crippen LogP contribution in [0.25, 0.3) is 0 Å². The van der Waals surface area contributed by atoms with E-state index in [1.165, 1.54) is 7.11 Å². The monoisotopic (exact) mass is 238 g/mol. The van der Waals surface area contributed by atoms with Crippen molar-refractivity contribution in [1.29, 1.82) is 0 Å². The van der Waals surface area contributed by atoms with E-state index in [9.17, 15) is 4.79 Å². The Morgan fingerprint density at radius 2 is 2.12 bits per heavy atom. The van der Waals surface area contributed by atoms with E-state index < -0.39 is 5.54 Å². The van der Waals surface area contributed by atoms with Crippen molar-refractivity contribution in [2.24, 2.45) is 0 Å². The number of ether oxygens (including phenoxy) is 2. The molecule has 0 saturated carbocycles. The van der Waals surface area contributed by atoms with E-state index in [0.717, 1.165) is 5.56 Å². The van der Waals surface area contributed by atoms with Crippen molar-refractivity contribution in [2.45, 2.75) is 25.9 Å². The van der Waals surface area contributed by atoms with Gasteiger partial charge in [0.2, 0.25) is 5.88 Å². The molecule has 5 heteroatoms. The molecule has 1 aromatic heterocycles. The van der Waals surface area contributed by atoms with Crippen LogP contribution in [0.4, 0.5) is 0 Å². The number of hydrogen-bond acceptors (Lipinski definition) is 5. The summed E-state index contributed by atoms with van der Waals surface area (Å²) in [6.07, 6.45) is 1.71. The van der Waals surface area contributed by atoms with Gasteiger partial charge in [-0.2, -0.15) is 0 Å². The second-order valence-corrected chi connectivity index (χ2v) is 4.18. The third-order valence-electron chi connectivity index (χ3n) is 2.44. The topological polar surface area (TPSA) is 60.5 Å². The van der Waals surface area contributed by atoms with Crippen LogP contribution < -0.4 is 10.1 Å². The predicted molar refractivity (Wildman–Crippen MR) is 63.7 cm³/mol. The molecule has 1 rings (SSSR count). The highest BCUT2D eigenvalue weighted by atomic mass is 16.5. The van der Waals surface area contributed by atoms with Gasteiger partial charge >= 0.3 is 5.97 Å². The molecule has 0 fully saturated rings. The normalized spacial score (nSPS) is 11.1. The number of aromatic nitrogens is 1. The van der Waals surface area contributed by atoms with Gasteiger partial charge in [-0.15, -0.1) is 0 Å². The van der Waals surface area contributed by atoms with Crippen LogP contribution in [0.15, 0.2) is 18.3 Å². The van der Waals surface area contributed by atoms with Crippen molar-refractivity contribution in [2.75, 3.05) is 14.2 Å². The van der Waals surface area contributed by atoms with Crippen LogP contribution in [0.2, 0.25) is 0 Å². The van der Waals surface area contributed by atoms with Gasteiger partial charge in [-0.1, -0.05) is 6.07 Å². The highest BCUT2D eigenvalue weighted by molar-refractivity contribution is 5.79. The summed E-state index contributed by atoms with van der Waals surface area (Å²) in [6, 6.07) is 3.67. The molecular weight excluding hydrogens is 220 g/mol. The lowest BCUT2D eigenvalue weighted by atomic mass is 10.1. The lowest BCUT2D eigenvalue weighted by molar-refractivity contribution is -0.147. The van der Waals surface area contributed by atoms with Crippen molar-refractivity contribution in [3.8, 4) is 5.88 Å². The number of nitrogens with zero attached hydrogens (tertiary/aromatic N) is 1. The summed E-state index contributed by atoms with van der Waals surface area (Å²) >= 11 is 0. The zero-order valence-electron chi connectivity index (χ0n) is 10.6. The average Bonchev–Trinajstić information content (AvgIpc) is 2.36. The average molecular weight is 238 g/mol. The van der Waals surface area contributed by atoms with Gasteiger partial charge in [-0.05, 0) is 19.4 Å². The van der Waals surface area contributed by atoms with Crippen LogP contribution in [0, 0.1) is 0 Å². The maximum absolute atomic E-state index is 11.4. The van der Waals surface area contributed by atoms with Crippen LogP contribution in [-0.4, -0.2) is 30.7 Å². The second kappa shape index (κ2) is 5.63. The fraction of sp³-hybridized carbons (Fsp3) is 0.500. The number of hydrogen-bond donors (Lipinski definition) is 1. The summed E-state index contributed by atoms with van der Waals surface area (Å²) in [5, 5.41) is 3.11. The molecule has 5 nitrogen and oxygen atoms in total. The molecule has 0 aliphatic heterocycles. The molecule has 0 unspecified atom stereocenters. The SMILES string of the molecule is COC(=O)C(C)(C)NCc1ccc(OC)nc1. The van der Waals surface area contributed by atoms with E-state index in [4.69, 9.17) is 9.47 Å². The van der Waals surface area contributed by atoms with Crippen molar-refractivity contribution in [3.05, 3.63) is 23.9 Å². The number of rotatable bonds is 5. The molecule has 0 spiro atoms. The van der Waals surface area contributed by atoms with E-state index in [-0.39, 0.29) is 5.97 Å². The summed E-state index contributed by atoms with van der Waals surface area (Å²) in [7, 11) is 2.95. The van der Waals surface area contributed by atoms with Gasteiger partial charge in [0, 0.05) is 18.8 Å². The second-order valence-electron chi connectivity index (χ2n) is 4.18. The highest BCUT2D eigenvalue weighted by Gasteiger charge is 2.27. The lowest BCUT2D eigenvalue weighted by Gasteiger charge is -2.23. The van der Waals surface area contributed by atoms with E-state index in [1.54, 1.807) is 33.2 Å². The molecule has 0 aliphatic rings. The molecule has 1 aromatic rings. The summed E-state index contributed by atoms with van der Waals surface area (Å²) < 4.78 is 9.67. The van der Waals surface area contributed by atoms with Crippen LogP contribution >= 0.6 is 0 Å². The minimum absolute atomic E-state index is 0.293. The Bertz CT molecular complexity index is 374. The number of methoxy groups -OCH3 is 2. The summed E-state index contributed by atoms with van der Waals surface area (Å²) in [5.41, 5.74) is 0.261. The summed E-state index contributed by atoms with van der Waals surface area (Å²) in [4.78, 5) is 15.5. The molecule has 0 bridgehead atoms. The molecule has 1 heterocycles. The van der Waals surface area contributed by atoms with Crippen LogP contribution in [0.1, 0.15) is 19.4 Å². The Morgan fingerprint density at radius 1 is 1.41 bits per heavy atom. The molecule has 1 N–H and O–H groups in total. The minimum atomic E-state index is -0.714. The number of carbonyl (C=O) groups excluding carboxylic acids is 1. The van der Waals surface area contributed by atoms with Gasteiger partial charge in [0.15, 0.2) is 0 Å². The molecule has 94 valence electrons. The first-order valence-electron chi connectivity index (χ1n) is 5.32. The summed E-state index contributed by atoms with van der Waals surface area (Å²) in [5.74, 6) is 0.278. The third kappa shape index (κ3) is 3.71. The van der Waals surface area contributed by atoms with Crippen molar-refractivity contribution in [1.82, 2.24) is 10.3 Å². The Hall–Kier alpha value is -1.62. The molecule has 0 saturated heterocycles. The van der Waals surface area contributed by atoms with Crippen molar-refractivity contribution in [3.63, 3.8) is 0 Å². The van der Waals surface area contributed by atoms with Crippen LogP contribution in [0.5, 0.6) is 5.88 Å². The van der Waals surface area contributed by atoms with Gasteiger partial charge in [0.25, 0.3) is 0 Å². The summed E-state index contributed by atoms with van der Waals surface area (Å²) in [6.45, 7) is 4.09. The fourth-order valence-electron chi connectivity index (χ4n) is 1.29. The zero-order valence-corrected chi connectivity index (χ0v) is 10.6. The fourth-order valence-corrected chi connectivity index (χ4v) is 1.29. The molecule has 0 atom stereocenters. The number of esters is 1. The molecule has 0 amide bonds. The van der Waals surface area contributed by atoms with Crippen molar-refractivity contribution < 1.29 is 14.3 Å². The number of carbonyl (C=O) groups is 1. The maximum atomic E-state index is 11.4. The molecule has 0 aliphatic carbocycles. The first-order chi connectivity index (χ1) is 7.99. The molecule has 0 aromatic carbocycles. The van der Waals surface area contributed by atoms with Crippen molar-refractivity contribution >= 4 is 5.97 Å². The molecular formula is C12H18N2O3. The Morgan fingerprint density at radius 3 is 2.59 bits per heavy atom. The van der Waals surface area contributed by atoms with E-state index in [2.05, 4.69) is 10.3 Å².